The minimum Gasteiger partial charge on any atom is -0.457 e. The molecule has 0 bridgehead atoms. The molecule has 0 saturated carbocycles. The molecule has 2 heterocycles. The fourth-order valence-electron chi connectivity index (χ4n) is 3.43. The van der Waals surface area contributed by atoms with Gasteiger partial charge in [-0.3, -0.25) is 14.6 Å². The molecule has 0 atom stereocenters. The van der Waals surface area contributed by atoms with Crippen LogP contribution in [0, 0.1) is 6.92 Å². The Morgan fingerprint density at radius 2 is 1.78 bits per heavy atom. The second-order valence-corrected chi connectivity index (χ2v) is 8.74. The number of hydrogen-bond acceptors (Lipinski definition) is 6. The van der Waals surface area contributed by atoms with Crippen LogP contribution in [0.2, 0.25) is 0 Å². The molecule has 1 amide bonds. The Balaban J connectivity index is 1.53. The lowest BCUT2D eigenvalue weighted by molar-refractivity contribution is -0.117. The summed E-state index contributed by atoms with van der Waals surface area (Å²) in [6, 6.07) is 13.0. The van der Waals surface area contributed by atoms with Crippen LogP contribution in [0.5, 0.6) is 11.5 Å². The normalized spacial score (nSPS) is 10.8. The maximum Gasteiger partial charge on any atom is 0.253 e. The number of aromatic nitrogens is 2. The molecule has 0 N–H and O–H groups in total. The van der Waals surface area contributed by atoms with Crippen molar-refractivity contribution >= 4 is 33.9 Å². The molecule has 0 unspecified atom stereocenters. The summed E-state index contributed by atoms with van der Waals surface area (Å²) < 4.78 is 6.11. The molecular weight excluding hydrogens is 422 g/mol. The quantitative estimate of drug-likeness (QED) is 0.407. The third-order valence-electron chi connectivity index (χ3n) is 5.07. The van der Waals surface area contributed by atoms with Gasteiger partial charge in [0.15, 0.2) is 0 Å². The highest BCUT2D eigenvalue weighted by Crippen LogP contribution is 2.31. The van der Waals surface area contributed by atoms with Crippen LogP contribution in [-0.4, -0.2) is 40.7 Å². The minimum atomic E-state index is -0.0639. The first-order valence-electron chi connectivity index (χ1n) is 10.2. The number of Topliss-reactive ketones (excluding diaryl/α,β-unsaturated/α-hetero) is 1. The summed E-state index contributed by atoms with van der Waals surface area (Å²) in [5.41, 5.74) is 3.18. The zero-order chi connectivity index (χ0) is 22.7. The number of nitrogens with zero attached hydrogens (tertiary/aromatic N) is 3. The van der Waals surface area contributed by atoms with Gasteiger partial charge >= 0.3 is 0 Å². The maximum absolute atomic E-state index is 12.5. The summed E-state index contributed by atoms with van der Waals surface area (Å²) in [7, 11) is 3.46. The number of carbonyl (C=O) groups excluding carboxylic acids is 2. The van der Waals surface area contributed by atoms with E-state index in [-0.39, 0.29) is 11.7 Å². The van der Waals surface area contributed by atoms with Crippen molar-refractivity contribution in [2.24, 2.45) is 0 Å². The topological polar surface area (TPSA) is 72.4 Å². The number of carbonyl (C=O) groups is 2. The van der Waals surface area contributed by atoms with Gasteiger partial charge < -0.3 is 9.64 Å². The summed E-state index contributed by atoms with van der Waals surface area (Å²) in [5, 5.41) is 3.48. The Kier molecular flexibility index (Phi) is 6.28. The highest BCUT2D eigenvalue weighted by molar-refractivity contribution is 7.09. The largest absolute Gasteiger partial charge is 0.457 e. The molecule has 4 rings (SSSR count). The molecule has 0 aliphatic rings. The van der Waals surface area contributed by atoms with E-state index in [9.17, 15) is 9.59 Å². The van der Waals surface area contributed by atoms with Crippen LogP contribution in [0.15, 0.2) is 60.2 Å². The smallest absolute Gasteiger partial charge is 0.253 e. The van der Waals surface area contributed by atoms with E-state index in [0.29, 0.717) is 29.9 Å². The van der Waals surface area contributed by atoms with Crippen molar-refractivity contribution in [1.29, 1.82) is 0 Å². The average molecular weight is 446 g/mol. The van der Waals surface area contributed by atoms with E-state index in [2.05, 4.69) is 9.97 Å². The first-order chi connectivity index (χ1) is 15.4. The lowest BCUT2D eigenvalue weighted by Crippen LogP contribution is -2.22. The molecular formula is C25H23N3O3S. The highest BCUT2D eigenvalue weighted by atomic mass is 32.1. The van der Waals surface area contributed by atoms with Gasteiger partial charge in [-0.05, 0) is 48.4 Å². The summed E-state index contributed by atoms with van der Waals surface area (Å²) >= 11 is 1.49. The van der Waals surface area contributed by atoms with Crippen LogP contribution < -0.4 is 4.74 Å². The van der Waals surface area contributed by atoms with Gasteiger partial charge in [0.2, 0.25) is 0 Å². The van der Waals surface area contributed by atoms with Crippen LogP contribution in [0.25, 0.3) is 10.9 Å². The second-order valence-electron chi connectivity index (χ2n) is 7.76. The van der Waals surface area contributed by atoms with Gasteiger partial charge in [-0.1, -0.05) is 12.1 Å². The number of rotatable bonds is 7. The highest BCUT2D eigenvalue weighted by Gasteiger charge is 2.15. The third-order valence-corrected chi connectivity index (χ3v) is 5.85. The van der Waals surface area contributed by atoms with E-state index in [1.54, 1.807) is 37.5 Å². The SMILES string of the molecule is Cc1cc2nccc(Oc3ccc(CC(=O)Cc4nccs4)cc3)c2cc1C(=O)N(C)C. The second kappa shape index (κ2) is 9.28. The number of pyridine rings is 1. The van der Waals surface area contributed by atoms with E-state index < -0.39 is 0 Å². The van der Waals surface area contributed by atoms with E-state index in [1.165, 1.54) is 11.3 Å². The third kappa shape index (κ3) is 4.84. The molecule has 6 nitrogen and oxygen atoms in total. The standard InChI is InChI=1S/C25H23N3O3S/c1-16-12-22-21(15-20(16)25(30)28(2)3)23(8-9-26-22)31-19-6-4-17(5-7-19)13-18(29)14-24-27-10-11-32-24/h4-12,15H,13-14H2,1-3H3. The number of thiazole rings is 1. The van der Waals surface area contributed by atoms with Crippen molar-refractivity contribution in [2.75, 3.05) is 14.1 Å². The Bertz CT molecular complexity index is 1270. The monoisotopic (exact) mass is 445 g/mol. The van der Waals surface area contributed by atoms with Crippen molar-refractivity contribution < 1.29 is 14.3 Å². The molecule has 0 radical (unpaired) electrons. The minimum absolute atomic E-state index is 0.0639. The number of hydrogen-bond donors (Lipinski definition) is 0. The van der Waals surface area contributed by atoms with Crippen LogP contribution in [0.4, 0.5) is 0 Å². The Labute approximate surface area is 190 Å². The van der Waals surface area contributed by atoms with Gasteiger partial charge in [-0.25, -0.2) is 4.98 Å². The van der Waals surface area contributed by atoms with Crippen molar-refractivity contribution in [3.63, 3.8) is 0 Å². The van der Waals surface area contributed by atoms with Gasteiger partial charge in [0.05, 0.1) is 16.9 Å². The van der Waals surface area contributed by atoms with Crippen LogP contribution in [-0.2, 0) is 17.6 Å². The lowest BCUT2D eigenvalue weighted by atomic mass is 10.0. The number of ether oxygens (including phenoxy) is 1. The van der Waals surface area contributed by atoms with Crippen molar-refractivity contribution in [1.82, 2.24) is 14.9 Å². The average Bonchev–Trinajstić information content (AvgIpc) is 3.27. The van der Waals surface area contributed by atoms with Gasteiger partial charge in [0, 0.05) is 49.2 Å². The molecule has 2 aromatic heterocycles. The number of aryl methyl sites for hydroxylation is 1. The first-order valence-corrected chi connectivity index (χ1v) is 11.1. The Hall–Kier alpha value is -3.58. The fourth-order valence-corrected chi connectivity index (χ4v) is 4.08. The van der Waals surface area contributed by atoms with Crippen LogP contribution in [0.1, 0.15) is 26.5 Å². The van der Waals surface area contributed by atoms with E-state index in [4.69, 9.17) is 4.74 Å². The van der Waals surface area contributed by atoms with Crippen molar-refractivity contribution in [3.8, 4) is 11.5 Å². The van der Waals surface area contributed by atoms with Crippen molar-refractivity contribution in [2.45, 2.75) is 19.8 Å². The number of amides is 1. The Morgan fingerprint density at radius 1 is 1.00 bits per heavy atom. The molecule has 162 valence electrons. The zero-order valence-corrected chi connectivity index (χ0v) is 19.0. The number of ketones is 1. The molecule has 32 heavy (non-hydrogen) atoms. The molecule has 4 aromatic rings. The van der Waals surface area contributed by atoms with Crippen LogP contribution in [0.3, 0.4) is 0 Å². The van der Waals surface area contributed by atoms with E-state index in [1.807, 2.05) is 48.7 Å². The van der Waals surface area contributed by atoms with Crippen LogP contribution >= 0.6 is 11.3 Å². The predicted octanol–water partition coefficient (Wildman–Crippen LogP) is 4.85. The zero-order valence-electron chi connectivity index (χ0n) is 18.2. The van der Waals surface area contributed by atoms with E-state index in [0.717, 1.165) is 27.0 Å². The maximum atomic E-state index is 12.5. The molecule has 0 aliphatic heterocycles. The predicted molar refractivity (Wildman–Crippen MR) is 126 cm³/mol. The van der Waals surface area contributed by atoms with Crippen molar-refractivity contribution in [3.05, 3.63) is 81.9 Å². The Morgan fingerprint density at radius 3 is 2.47 bits per heavy atom. The molecule has 2 aromatic carbocycles. The van der Waals surface area contributed by atoms with Gasteiger partial charge in [0.25, 0.3) is 5.91 Å². The summed E-state index contributed by atoms with van der Waals surface area (Å²) in [5.74, 6) is 1.33. The molecule has 0 saturated heterocycles. The summed E-state index contributed by atoms with van der Waals surface area (Å²) in [4.78, 5) is 34.9. The first kappa shape index (κ1) is 21.6. The lowest BCUT2D eigenvalue weighted by Gasteiger charge is -2.15. The van der Waals surface area contributed by atoms with Gasteiger partial charge in [-0.15, -0.1) is 11.3 Å². The van der Waals surface area contributed by atoms with Gasteiger partial charge in [-0.2, -0.15) is 0 Å². The number of benzene rings is 2. The summed E-state index contributed by atoms with van der Waals surface area (Å²) in [6.45, 7) is 1.90. The molecule has 7 heteroatoms. The summed E-state index contributed by atoms with van der Waals surface area (Å²) in [6.07, 6.45) is 4.11. The van der Waals surface area contributed by atoms with Gasteiger partial charge in [0.1, 0.15) is 17.3 Å². The molecule has 0 aliphatic carbocycles. The van der Waals surface area contributed by atoms with E-state index >= 15 is 0 Å². The fraction of sp³-hybridized carbons (Fsp3) is 0.200. The number of fused-ring (bicyclic) bond motifs is 1. The molecule has 0 spiro atoms. The molecule has 0 fully saturated rings.